The molecule has 0 aliphatic rings. The molecule has 0 heterocycles. The van der Waals surface area contributed by atoms with E-state index >= 15 is 0 Å². The third kappa shape index (κ3) is 4.91. The van der Waals surface area contributed by atoms with Crippen molar-refractivity contribution < 1.29 is 18.3 Å². The Morgan fingerprint density at radius 2 is 1.61 bits per heavy atom. The monoisotopic (exact) mass is 385 g/mol. The van der Waals surface area contributed by atoms with Gasteiger partial charge in [-0.1, -0.05) is 0 Å². The number of rotatable bonds is 7. The summed E-state index contributed by atoms with van der Waals surface area (Å²) in [7, 11) is 1.58. The third-order valence-corrected chi connectivity index (χ3v) is 3.74. The minimum absolute atomic E-state index is 0.363. The molecule has 0 radical (unpaired) electrons. The quantitative estimate of drug-likeness (QED) is 0.764. The Morgan fingerprint density at radius 1 is 1.00 bits per heavy atom. The van der Waals surface area contributed by atoms with Gasteiger partial charge in [0.05, 0.1) is 18.2 Å². The molecule has 2 rings (SSSR count). The summed E-state index contributed by atoms with van der Waals surface area (Å²) in [5.41, 5.74) is 1.53. The fourth-order valence-corrected chi connectivity index (χ4v) is 2.90. The van der Waals surface area contributed by atoms with E-state index in [0.29, 0.717) is 36.8 Å². The predicted molar refractivity (Wildman–Crippen MR) is 88.8 cm³/mol. The van der Waals surface area contributed by atoms with Crippen molar-refractivity contribution in [1.82, 2.24) is 5.32 Å². The lowest BCUT2D eigenvalue weighted by molar-refractivity contribution is 0.309. The molecule has 0 unspecified atom stereocenters. The first kappa shape index (κ1) is 17.7. The lowest BCUT2D eigenvalue weighted by Crippen LogP contribution is -2.13. The van der Waals surface area contributed by atoms with Gasteiger partial charge in [-0.3, -0.25) is 0 Å². The van der Waals surface area contributed by atoms with Gasteiger partial charge in [0, 0.05) is 19.2 Å². The number of halogens is 3. The van der Waals surface area contributed by atoms with Crippen molar-refractivity contribution in [2.24, 2.45) is 0 Å². The highest BCUT2D eigenvalue weighted by molar-refractivity contribution is 9.10. The lowest BCUT2D eigenvalue weighted by Gasteiger charge is -2.14. The van der Waals surface area contributed by atoms with E-state index in [1.807, 2.05) is 19.1 Å². The zero-order valence-electron chi connectivity index (χ0n) is 13.0. The lowest BCUT2D eigenvalue weighted by atomic mass is 10.1. The Labute approximate surface area is 142 Å². The molecule has 23 heavy (non-hydrogen) atoms. The molecule has 0 atom stereocenters. The second-order valence-corrected chi connectivity index (χ2v) is 5.78. The molecule has 0 fully saturated rings. The molecule has 3 nitrogen and oxygen atoms in total. The van der Waals surface area contributed by atoms with Crippen molar-refractivity contribution in [2.75, 3.05) is 13.7 Å². The van der Waals surface area contributed by atoms with Gasteiger partial charge in [-0.2, -0.15) is 0 Å². The molecule has 1 N–H and O–H groups in total. The summed E-state index contributed by atoms with van der Waals surface area (Å²) in [4.78, 5) is 0. The minimum Gasteiger partial charge on any atom is -0.492 e. The van der Waals surface area contributed by atoms with E-state index in [4.69, 9.17) is 9.47 Å². The number of hydrogen-bond donors (Lipinski definition) is 1. The second-order valence-electron chi connectivity index (χ2n) is 4.92. The van der Waals surface area contributed by atoms with Gasteiger partial charge in [0.2, 0.25) is 0 Å². The Hall–Kier alpha value is -1.66. The molecule has 0 saturated heterocycles. The summed E-state index contributed by atoms with van der Waals surface area (Å²) in [6.45, 7) is 3.32. The maximum Gasteiger partial charge on any atom is 0.174 e. The van der Waals surface area contributed by atoms with Gasteiger partial charge < -0.3 is 14.8 Å². The van der Waals surface area contributed by atoms with Crippen LogP contribution < -0.4 is 14.8 Å². The summed E-state index contributed by atoms with van der Waals surface area (Å²) >= 11 is 3.45. The summed E-state index contributed by atoms with van der Waals surface area (Å²) in [5.74, 6) is 0.140. The number of ether oxygens (including phenoxy) is 2. The molecule has 0 aromatic heterocycles. The zero-order chi connectivity index (χ0) is 16.8. The van der Waals surface area contributed by atoms with Crippen molar-refractivity contribution >= 4 is 15.9 Å². The van der Waals surface area contributed by atoms with Crippen LogP contribution in [0.2, 0.25) is 0 Å². The van der Waals surface area contributed by atoms with E-state index in [2.05, 4.69) is 21.2 Å². The standard InChI is InChI=1S/C17H18BrF2NO2/c1-3-23-16-7-12(6-15(18)17(16)22-2)10-21-9-11-4-13(19)8-14(20)5-11/h4-8,21H,3,9-10H2,1-2H3. The molecule has 0 amide bonds. The topological polar surface area (TPSA) is 30.5 Å². The van der Waals surface area contributed by atoms with Gasteiger partial charge in [0.1, 0.15) is 11.6 Å². The summed E-state index contributed by atoms with van der Waals surface area (Å²) in [5, 5.41) is 3.16. The highest BCUT2D eigenvalue weighted by atomic mass is 79.9. The van der Waals surface area contributed by atoms with Crippen LogP contribution in [0, 0.1) is 11.6 Å². The van der Waals surface area contributed by atoms with Crippen LogP contribution in [0.25, 0.3) is 0 Å². The normalized spacial score (nSPS) is 10.7. The fraction of sp³-hybridized carbons (Fsp3) is 0.294. The molecule has 2 aromatic rings. The highest BCUT2D eigenvalue weighted by Gasteiger charge is 2.11. The van der Waals surface area contributed by atoms with E-state index in [9.17, 15) is 8.78 Å². The predicted octanol–water partition coefficient (Wildman–Crippen LogP) is 4.42. The zero-order valence-corrected chi connectivity index (χ0v) is 14.5. The first-order valence-corrected chi connectivity index (χ1v) is 7.97. The minimum atomic E-state index is -0.576. The van der Waals surface area contributed by atoms with Crippen LogP contribution in [-0.4, -0.2) is 13.7 Å². The molecule has 0 aliphatic heterocycles. The molecule has 0 bridgehead atoms. The fourth-order valence-electron chi connectivity index (χ4n) is 2.25. The van der Waals surface area contributed by atoms with Gasteiger partial charge in [-0.05, 0) is 58.2 Å². The molecule has 2 aromatic carbocycles. The van der Waals surface area contributed by atoms with E-state index < -0.39 is 11.6 Å². The van der Waals surface area contributed by atoms with Crippen molar-refractivity contribution in [2.45, 2.75) is 20.0 Å². The maximum atomic E-state index is 13.1. The van der Waals surface area contributed by atoms with Crippen molar-refractivity contribution in [3.05, 3.63) is 57.6 Å². The third-order valence-electron chi connectivity index (χ3n) is 3.15. The Bertz CT molecular complexity index is 660. The number of nitrogens with one attached hydrogen (secondary N) is 1. The van der Waals surface area contributed by atoms with Gasteiger partial charge >= 0.3 is 0 Å². The van der Waals surface area contributed by atoms with Crippen molar-refractivity contribution in [1.29, 1.82) is 0 Å². The Balaban J connectivity index is 2.05. The van der Waals surface area contributed by atoms with E-state index in [0.717, 1.165) is 16.1 Å². The average molecular weight is 386 g/mol. The van der Waals surface area contributed by atoms with Crippen LogP contribution in [0.5, 0.6) is 11.5 Å². The first-order valence-electron chi connectivity index (χ1n) is 7.18. The van der Waals surface area contributed by atoms with Gasteiger partial charge in [-0.15, -0.1) is 0 Å². The maximum absolute atomic E-state index is 13.1. The number of benzene rings is 2. The molecular weight excluding hydrogens is 368 g/mol. The number of methoxy groups -OCH3 is 1. The van der Waals surface area contributed by atoms with Crippen LogP contribution >= 0.6 is 15.9 Å². The first-order chi connectivity index (χ1) is 11.0. The van der Waals surface area contributed by atoms with Gasteiger partial charge in [-0.25, -0.2) is 8.78 Å². The molecule has 0 spiro atoms. The Kier molecular flexibility index (Phi) is 6.36. The molecule has 124 valence electrons. The van der Waals surface area contributed by atoms with Crippen LogP contribution in [0.4, 0.5) is 8.78 Å². The second kappa shape index (κ2) is 8.26. The summed E-state index contributed by atoms with van der Waals surface area (Å²) in [6.07, 6.45) is 0. The van der Waals surface area contributed by atoms with Gasteiger partial charge in [0.25, 0.3) is 0 Å². The van der Waals surface area contributed by atoms with Crippen molar-refractivity contribution in [3.63, 3.8) is 0 Å². The molecule has 0 aliphatic carbocycles. The average Bonchev–Trinajstić information content (AvgIpc) is 2.46. The van der Waals surface area contributed by atoms with Gasteiger partial charge in [0.15, 0.2) is 11.5 Å². The highest BCUT2D eigenvalue weighted by Crippen LogP contribution is 2.36. The molecule has 0 saturated carbocycles. The molecule has 6 heteroatoms. The molecular formula is C17H18BrF2NO2. The largest absolute Gasteiger partial charge is 0.492 e. The smallest absolute Gasteiger partial charge is 0.174 e. The number of hydrogen-bond acceptors (Lipinski definition) is 3. The van der Waals surface area contributed by atoms with Crippen LogP contribution in [0.15, 0.2) is 34.8 Å². The summed E-state index contributed by atoms with van der Waals surface area (Å²) in [6, 6.07) is 7.28. The van der Waals surface area contributed by atoms with Crippen LogP contribution in [0.1, 0.15) is 18.1 Å². The Morgan fingerprint density at radius 3 is 2.17 bits per heavy atom. The van der Waals surface area contributed by atoms with Crippen molar-refractivity contribution in [3.8, 4) is 11.5 Å². The summed E-state index contributed by atoms with van der Waals surface area (Å²) < 4.78 is 38.0. The van der Waals surface area contributed by atoms with E-state index in [1.54, 1.807) is 7.11 Å². The van der Waals surface area contributed by atoms with Crippen LogP contribution in [-0.2, 0) is 13.1 Å². The van der Waals surface area contributed by atoms with E-state index in [1.165, 1.54) is 12.1 Å². The van der Waals surface area contributed by atoms with E-state index in [-0.39, 0.29) is 0 Å². The van der Waals surface area contributed by atoms with Crippen LogP contribution in [0.3, 0.4) is 0 Å². The SMILES string of the molecule is CCOc1cc(CNCc2cc(F)cc(F)c2)cc(Br)c1OC.